The molecule has 1 saturated heterocycles. The number of rotatable bonds is 4. The Balaban J connectivity index is 2.11. The second-order valence-corrected chi connectivity index (χ2v) is 6.55. The summed E-state index contributed by atoms with van der Waals surface area (Å²) < 4.78 is 0. The van der Waals surface area contributed by atoms with Gasteiger partial charge in [0.1, 0.15) is 0 Å². The van der Waals surface area contributed by atoms with Gasteiger partial charge < -0.3 is 5.11 Å². The zero-order valence-corrected chi connectivity index (χ0v) is 12.4. The molecule has 1 saturated carbocycles. The molecule has 0 radical (unpaired) electrons. The zero-order chi connectivity index (χ0) is 13.7. The molecule has 1 aliphatic heterocycles. The highest BCUT2D eigenvalue weighted by molar-refractivity contribution is 5.68. The normalized spacial score (nSPS) is 33.8. The van der Waals surface area contributed by atoms with Crippen LogP contribution in [0.15, 0.2) is 0 Å². The average Bonchev–Trinajstić information content (AvgIpc) is 2.62. The van der Waals surface area contributed by atoms with Gasteiger partial charge in [-0.3, -0.25) is 9.69 Å². The van der Waals surface area contributed by atoms with Crippen molar-refractivity contribution in [3.05, 3.63) is 0 Å². The van der Waals surface area contributed by atoms with E-state index in [0.717, 1.165) is 31.8 Å². The van der Waals surface area contributed by atoms with Crippen molar-refractivity contribution in [2.24, 2.45) is 5.92 Å². The average molecular weight is 267 g/mol. The van der Waals surface area contributed by atoms with E-state index in [1.54, 1.807) is 0 Å². The molecule has 19 heavy (non-hydrogen) atoms. The van der Waals surface area contributed by atoms with E-state index in [1.807, 2.05) is 0 Å². The van der Waals surface area contributed by atoms with Crippen LogP contribution < -0.4 is 0 Å². The maximum Gasteiger partial charge on any atom is 0.305 e. The molecule has 2 aliphatic rings. The van der Waals surface area contributed by atoms with Crippen molar-refractivity contribution >= 4 is 5.97 Å². The molecule has 2 atom stereocenters. The summed E-state index contributed by atoms with van der Waals surface area (Å²) >= 11 is 0. The Morgan fingerprint density at radius 2 is 1.89 bits per heavy atom. The summed E-state index contributed by atoms with van der Waals surface area (Å²) in [6, 6.07) is 0. The highest BCUT2D eigenvalue weighted by Crippen LogP contribution is 2.39. The Bertz CT molecular complexity index is 299. The van der Waals surface area contributed by atoms with E-state index in [0.29, 0.717) is 6.42 Å². The summed E-state index contributed by atoms with van der Waals surface area (Å²) in [6.45, 7) is 4.50. The summed E-state index contributed by atoms with van der Waals surface area (Å²) in [6.07, 6.45) is 11.3. The van der Waals surface area contributed by atoms with Crippen LogP contribution in [0.5, 0.6) is 0 Å². The molecule has 3 nitrogen and oxygen atoms in total. The van der Waals surface area contributed by atoms with E-state index < -0.39 is 5.97 Å². The van der Waals surface area contributed by atoms with Gasteiger partial charge in [0.05, 0.1) is 6.42 Å². The first kappa shape index (κ1) is 14.8. The predicted octanol–water partition coefficient (Wildman–Crippen LogP) is 3.68. The van der Waals surface area contributed by atoms with Gasteiger partial charge in [0.25, 0.3) is 0 Å². The monoisotopic (exact) mass is 267 g/mol. The molecule has 2 unspecified atom stereocenters. The molecule has 0 aromatic heterocycles. The summed E-state index contributed by atoms with van der Waals surface area (Å²) in [5.74, 6) is 0.209. The van der Waals surface area contributed by atoms with Crippen LogP contribution in [0.25, 0.3) is 0 Å². The van der Waals surface area contributed by atoms with E-state index in [2.05, 4.69) is 11.8 Å². The number of hydrogen-bond acceptors (Lipinski definition) is 2. The molecule has 1 N–H and O–H groups in total. The predicted molar refractivity (Wildman–Crippen MR) is 77.3 cm³/mol. The van der Waals surface area contributed by atoms with Gasteiger partial charge in [-0.2, -0.15) is 0 Å². The quantitative estimate of drug-likeness (QED) is 0.790. The van der Waals surface area contributed by atoms with Crippen molar-refractivity contribution in [2.45, 2.75) is 76.7 Å². The lowest BCUT2D eigenvalue weighted by atomic mass is 9.83. The Morgan fingerprint density at radius 1 is 1.16 bits per heavy atom. The highest BCUT2D eigenvalue weighted by Gasteiger charge is 2.40. The lowest BCUT2D eigenvalue weighted by Crippen LogP contribution is -2.52. The number of aliphatic carboxylic acids is 1. The fourth-order valence-electron chi connectivity index (χ4n) is 4.12. The fraction of sp³-hybridized carbons (Fsp3) is 0.938. The molecular weight excluding hydrogens is 238 g/mol. The molecule has 2 fully saturated rings. The maximum atomic E-state index is 11.4. The molecule has 110 valence electrons. The van der Waals surface area contributed by atoms with Crippen molar-refractivity contribution in [1.82, 2.24) is 4.90 Å². The molecule has 1 heterocycles. The Kier molecular flexibility index (Phi) is 5.26. The molecule has 0 aromatic rings. The number of carboxylic acids is 1. The van der Waals surface area contributed by atoms with Crippen LogP contribution in [0.4, 0.5) is 0 Å². The largest absolute Gasteiger partial charge is 0.481 e. The standard InChI is InChI=1S/C16H29NO2/c1-2-14-7-6-9-16(10-8-14,13-15(18)19)17-11-4-3-5-12-17/h14H,2-13H2,1H3,(H,18,19). The third-order valence-electron chi connectivity index (χ3n) is 5.36. The summed E-state index contributed by atoms with van der Waals surface area (Å²) in [5.41, 5.74) is -0.0316. The van der Waals surface area contributed by atoms with Gasteiger partial charge in [0.2, 0.25) is 0 Å². The van der Waals surface area contributed by atoms with Gasteiger partial charge in [0, 0.05) is 5.54 Å². The van der Waals surface area contributed by atoms with Crippen molar-refractivity contribution in [3.63, 3.8) is 0 Å². The number of piperidine rings is 1. The number of carbonyl (C=O) groups is 1. The zero-order valence-electron chi connectivity index (χ0n) is 12.4. The smallest absolute Gasteiger partial charge is 0.305 e. The van der Waals surface area contributed by atoms with Gasteiger partial charge in [-0.25, -0.2) is 0 Å². The van der Waals surface area contributed by atoms with Gasteiger partial charge in [-0.15, -0.1) is 0 Å². The molecular formula is C16H29NO2. The number of nitrogens with zero attached hydrogens (tertiary/aromatic N) is 1. The van der Waals surface area contributed by atoms with E-state index in [1.165, 1.54) is 44.9 Å². The van der Waals surface area contributed by atoms with Crippen LogP contribution in [0.2, 0.25) is 0 Å². The van der Waals surface area contributed by atoms with Crippen LogP contribution in [0.1, 0.15) is 71.1 Å². The first-order chi connectivity index (χ1) is 9.16. The lowest BCUT2D eigenvalue weighted by Gasteiger charge is -2.45. The van der Waals surface area contributed by atoms with Crippen LogP contribution in [-0.2, 0) is 4.79 Å². The van der Waals surface area contributed by atoms with Crippen LogP contribution in [-0.4, -0.2) is 34.6 Å². The third kappa shape index (κ3) is 3.71. The SMILES string of the molecule is CCC1CCCC(CC(=O)O)(N2CCCCC2)CC1. The number of likely N-dealkylation sites (tertiary alicyclic amines) is 1. The van der Waals surface area contributed by atoms with E-state index >= 15 is 0 Å². The maximum absolute atomic E-state index is 11.4. The van der Waals surface area contributed by atoms with Crippen LogP contribution >= 0.6 is 0 Å². The van der Waals surface area contributed by atoms with E-state index in [9.17, 15) is 9.90 Å². The third-order valence-corrected chi connectivity index (χ3v) is 5.36. The summed E-state index contributed by atoms with van der Waals surface area (Å²) in [5, 5.41) is 9.35. The molecule has 0 spiro atoms. The van der Waals surface area contributed by atoms with Crippen molar-refractivity contribution in [2.75, 3.05) is 13.1 Å². The van der Waals surface area contributed by atoms with Crippen molar-refractivity contribution < 1.29 is 9.90 Å². The van der Waals surface area contributed by atoms with Crippen molar-refractivity contribution in [3.8, 4) is 0 Å². The van der Waals surface area contributed by atoms with Gasteiger partial charge in [-0.05, 0) is 51.1 Å². The van der Waals surface area contributed by atoms with E-state index in [-0.39, 0.29) is 5.54 Å². The van der Waals surface area contributed by atoms with Gasteiger partial charge in [0.15, 0.2) is 0 Å². The molecule has 3 heteroatoms. The minimum absolute atomic E-state index is 0.0316. The second kappa shape index (κ2) is 6.74. The molecule has 0 aromatic carbocycles. The topological polar surface area (TPSA) is 40.5 Å². The highest BCUT2D eigenvalue weighted by atomic mass is 16.4. The molecule has 1 aliphatic carbocycles. The Morgan fingerprint density at radius 3 is 2.53 bits per heavy atom. The lowest BCUT2D eigenvalue weighted by molar-refractivity contribution is -0.141. The van der Waals surface area contributed by atoms with Crippen LogP contribution in [0.3, 0.4) is 0 Å². The second-order valence-electron chi connectivity index (χ2n) is 6.55. The summed E-state index contributed by atoms with van der Waals surface area (Å²) in [4.78, 5) is 13.9. The van der Waals surface area contributed by atoms with Gasteiger partial charge in [-0.1, -0.05) is 32.6 Å². The minimum atomic E-state index is -0.611. The Labute approximate surface area is 117 Å². The number of hydrogen-bond donors (Lipinski definition) is 1. The summed E-state index contributed by atoms with van der Waals surface area (Å²) in [7, 11) is 0. The number of carboxylic acid groups (broad SMARTS) is 1. The first-order valence-electron chi connectivity index (χ1n) is 8.13. The van der Waals surface area contributed by atoms with E-state index in [4.69, 9.17) is 0 Å². The first-order valence-corrected chi connectivity index (χ1v) is 8.13. The van der Waals surface area contributed by atoms with Gasteiger partial charge >= 0.3 is 5.97 Å². The minimum Gasteiger partial charge on any atom is -0.481 e. The molecule has 0 bridgehead atoms. The fourth-order valence-corrected chi connectivity index (χ4v) is 4.12. The Hall–Kier alpha value is -0.570. The van der Waals surface area contributed by atoms with Crippen LogP contribution in [0, 0.1) is 5.92 Å². The molecule has 0 amide bonds. The van der Waals surface area contributed by atoms with Crippen molar-refractivity contribution in [1.29, 1.82) is 0 Å². The molecule has 2 rings (SSSR count).